The van der Waals surface area contributed by atoms with Crippen molar-refractivity contribution in [1.29, 1.82) is 0 Å². The molecule has 0 spiro atoms. The summed E-state index contributed by atoms with van der Waals surface area (Å²) in [6, 6.07) is 13.2. The van der Waals surface area contributed by atoms with Crippen molar-refractivity contribution >= 4 is 5.96 Å². The SMILES string of the molecule is CN=C(NCCCCc1ccc(OC)cc1)NCc1ccc(F)c(COC)c1. The molecule has 0 saturated carbocycles. The lowest BCUT2D eigenvalue weighted by Gasteiger charge is -2.13. The van der Waals surface area contributed by atoms with Crippen LogP contribution in [0, 0.1) is 5.82 Å². The van der Waals surface area contributed by atoms with E-state index in [-0.39, 0.29) is 12.4 Å². The van der Waals surface area contributed by atoms with Gasteiger partial charge in [-0.05, 0) is 54.7 Å². The molecule has 0 unspecified atom stereocenters. The molecule has 2 aromatic carbocycles. The molecule has 6 heteroatoms. The number of hydrogen-bond donors (Lipinski definition) is 2. The third kappa shape index (κ3) is 7.19. The molecule has 2 aromatic rings. The first-order valence-corrected chi connectivity index (χ1v) is 9.50. The fraction of sp³-hybridized carbons (Fsp3) is 0.409. The third-order valence-electron chi connectivity index (χ3n) is 4.44. The smallest absolute Gasteiger partial charge is 0.191 e. The summed E-state index contributed by atoms with van der Waals surface area (Å²) in [5.41, 5.74) is 2.85. The van der Waals surface area contributed by atoms with E-state index in [1.165, 1.54) is 11.6 Å². The summed E-state index contributed by atoms with van der Waals surface area (Å²) in [6.07, 6.45) is 3.17. The molecule has 0 fully saturated rings. The van der Waals surface area contributed by atoms with Gasteiger partial charge in [-0.2, -0.15) is 0 Å². The first-order chi connectivity index (χ1) is 13.7. The molecule has 0 atom stereocenters. The van der Waals surface area contributed by atoms with E-state index in [1.54, 1.807) is 27.3 Å². The van der Waals surface area contributed by atoms with Gasteiger partial charge < -0.3 is 20.1 Å². The highest BCUT2D eigenvalue weighted by Crippen LogP contribution is 2.13. The van der Waals surface area contributed by atoms with Gasteiger partial charge in [0.25, 0.3) is 0 Å². The highest BCUT2D eigenvalue weighted by Gasteiger charge is 2.04. The number of benzene rings is 2. The van der Waals surface area contributed by atoms with Crippen LogP contribution in [0.25, 0.3) is 0 Å². The number of nitrogens with one attached hydrogen (secondary N) is 2. The predicted molar refractivity (Wildman–Crippen MR) is 111 cm³/mol. The molecule has 2 N–H and O–H groups in total. The number of halogens is 1. The fourth-order valence-corrected chi connectivity index (χ4v) is 2.86. The molecule has 0 amide bonds. The second-order valence-corrected chi connectivity index (χ2v) is 6.52. The van der Waals surface area contributed by atoms with Gasteiger partial charge in [-0.1, -0.05) is 18.2 Å². The van der Waals surface area contributed by atoms with Crippen molar-refractivity contribution < 1.29 is 13.9 Å². The summed E-state index contributed by atoms with van der Waals surface area (Å²) in [5.74, 6) is 1.38. The van der Waals surface area contributed by atoms with Crippen LogP contribution in [0.4, 0.5) is 4.39 Å². The van der Waals surface area contributed by atoms with Gasteiger partial charge in [0.1, 0.15) is 11.6 Å². The number of nitrogens with zero attached hydrogens (tertiary/aromatic N) is 1. The number of unbranched alkanes of at least 4 members (excludes halogenated alkanes) is 1. The lowest BCUT2D eigenvalue weighted by atomic mass is 10.1. The van der Waals surface area contributed by atoms with E-state index in [2.05, 4.69) is 27.8 Å². The van der Waals surface area contributed by atoms with Crippen LogP contribution in [0.15, 0.2) is 47.5 Å². The largest absolute Gasteiger partial charge is 0.497 e. The summed E-state index contributed by atoms with van der Waals surface area (Å²) in [6.45, 7) is 1.68. The summed E-state index contributed by atoms with van der Waals surface area (Å²) in [4.78, 5) is 4.24. The number of aryl methyl sites for hydroxylation is 1. The average molecular weight is 387 g/mol. The van der Waals surface area contributed by atoms with E-state index < -0.39 is 0 Å². The molecule has 2 rings (SSSR count). The van der Waals surface area contributed by atoms with Crippen LogP contribution in [0.2, 0.25) is 0 Å². The van der Waals surface area contributed by atoms with E-state index in [0.29, 0.717) is 12.1 Å². The van der Waals surface area contributed by atoms with E-state index in [9.17, 15) is 4.39 Å². The van der Waals surface area contributed by atoms with Crippen molar-refractivity contribution in [3.05, 3.63) is 65.0 Å². The average Bonchev–Trinajstić information content (AvgIpc) is 2.72. The van der Waals surface area contributed by atoms with Gasteiger partial charge in [0, 0.05) is 32.8 Å². The molecule has 0 aliphatic rings. The Morgan fingerprint density at radius 2 is 1.75 bits per heavy atom. The molecule has 5 nitrogen and oxygen atoms in total. The number of methoxy groups -OCH3 is 2. The summed E-state index contributed by atoms with van der Waals surface area (Å²) < 4.78 is 23.9. The topological polar surface area (TPSA) is 54.9 Å². The molecule has 28 heavy (non-hydrogen) atoms. The van der Waals surface area contributed by atoms with E-state index in [0.717, 1.165) is 43.1 Å². The zero-order valence-electron chi connectivity index (χ0n) is 16.9. The number of aliphatic imine (C=N–C) groups is 1. The lowest BCUT2D eigenvalue weighted by molar-refractivity contribution is 0.181. The normalized spacial score (nSPS) is 11.4. The monoisotopic (exact) mass is 387 g/mol. The minimum absolute atomic E-state index is 0.245. The Kier molecular flexibility index (Phi) is 9.28. The second kappa shape index (κ2) is 12.0. The van der Waals surface area contributed by atoms with Crippen molar-refractivity contribution in [3.63, 3.8) is 0 Å². The zero-order valence-corrected chi connectivity index (χ0v) is 16.9. The Bertz CT molecular complexity index is 748. The third-order valence-corrected chi connectivity index (χ3v) is 4.44. The molecule has 0 radical (unpaired) electrons. The molecule has 0 bridgehead atoms. The maximum Gasteiger partial charge on any atom is 0.191 e. The first kappa shape index (κ1) is 21.7. The standard InChI is InChI=1S/C22H30FN3O2/c1-24-22(26-15-18-9-12-21(23)19(14-18)16-27-2)25-13-5-4-6-17-7-10-20(28-3)11-8-17/h7-12,14H,4-6,13,15-16H2,1-3H3,(H2,24,25,26). The number of rotatable bonds is 10. The van der Waals surface area contributed by atoms with Crippen LogP contribution < -0.4 is 15.4 Å². The van der Waals surface area contributed by atoms with Gasteiger partial charge in [0.2, 0.25) is 0 Å². The molecular weight excluding hydrogens is 357 g/mol. The highest BCUT2D eigenvalue weighted by molar-refractivity contribution is 5.79. The van der Waals surface area contributed by atoms with Gasteiger partial charge in [-0.25, -0.2) is 4.39 Å². The van der Waals surface area contributed by atoms with Crippen molar-refractivity contribution in [2.45, 2.75) is 32.4 Å². The molecule has 152 valence electrons. The Morgan fingerprint density at radius 1 is 1.00 bits per heavy atom. The van der Waals surface area contributed by atoms with E-state index in [4.69, 9.17) is 9.47 Å². The lowest BCUT2D eigenvalue weighted by Crippen LogP contribution is -2.37. The van der Waals surface area contributed by atoms with Crippen molar-refractivity contribution in [2.24, 2.45) is 4.99 Å². The zero-order chi connectivity index (χ0) is 20.2. The second-order valence-electron chi connectivity index (χ2n) is 6.52. The highest BCUT2D eigenvalue weighted by atomic mass is 19.1. The van der Waals surface area contributed by atoms with Gasteiger partial charge in [-0.15, -0.1) is 0 Å². The van der Waals surface area contributed by atoms with Crippen LogP contribution in [0.1, 0.15) is 29.5 Å². The predicted octanol–water partition coefficient (Wildman–Crippen LogP) is 3.67. The van der Waals surface area contributed by atoms with Gasteiger partial charge >= 0.3 is 0 Å². The van der Waals surface area contributed by atoms with Crippen molar-refractivity contribution in [3.8, 4) is 5.75 Å². The van der Waals surface area contributed by atoms with Crippen LogP contribution in [0.5, 0.6) is 5.75 Å². The Labute approximate surface area is 167 Å². The Morgan fingerprint density at radius 3 is 2.43 bits per heavy atom. The molecular formula is C22H30FN3O2. The van der Waals surface area contributed by atoms with Crippen LogP contribution in [-0.4, -0.2) is 33.8 Å². The number of ether oxygens (including phenoxy) is 2. The minimum Gasteiger partial charge on any atom is -0.497 e. The molecule has 0 aliphatic carbocycles. The van der Waals surface area contributed by atoms with Crippen LogP contribution >= 0.6 is 0 Å². The molecule has 0 heterocycles. The first-order valence-electron chi connectivity index (χ1n) is 9.50. The number of hydrogen-bond acceptors (Lipinski definition) is 3. The van der Waals surface area contributed by atoms with Crippen molar-refractivity contribution in [2.75, 3.05) is 27.8 Å². The maximum atomic E-state index is 13.7. The Hall–Kier alpha value is -2.60. The number of guanidine groups is 1. The van der Waals surface area contributed by atoms with Gasteiger partial charge in [-0.3, -0.25) is 4.99 Å². The molecule has 0 saturated heterocycles. The fourth-order valence-electron chi connectivity index (χ4n) is 2.86. The summed E-state index contributed by atoms with van der Waals surface area (Å²) in [7, 11) is 4.98. The quantitative estimate of drug-likeness (QED) is 0.371. The maximum absolute atomic E-state index is 13.7. The van der Waals surface area contributed by atoms with E-state index in [1.807, 2.05) is 18.2 Å². The van der Waals surface area contributed by atoms with E-state index >= 15 is 0 Å². The molecule has 0 aliphatic heterocycles. The summed E-state index contributed by atoms with van der Waals surface area (Å²) >= 11 is 0. The minimum atomic E-state index is -0.245. The van der Waals surface area contributed by atoms with Crippen LogP contribution in [-0.2, 0) is 24.3 Å². The van der Waals surface area contributed by atoms with Gasteiger partial charge in [0.15, 0.2) is 5.96 Å². The Balaban J connectivity index is 1.69. The van der Waals surface area contributed by atoms with Crippen LogP contribution in [0.3, 0.4) is 0 Å². The summed E-state index contributed by atoms with van der Waals surface area (Å²) in [5, 5.41) is 6.57. The molecule has 0 aromatic heterocycles. The van der Waals surface area contributed by atoms with Gasteiger partial charge in [0.05, 0.1) is 13.7 Å². The van der Waals surface area contributed by atoms with Crippen molar-refractivity contribution in [1.82, 2.24) is 10.6 Å².